The maximum absolute atomic E-state index is 10.8. The Morgan fingerprint density at radius 2 is 2.24 bits per heavy atom. The van der Waals surface area contributed by atoms with Crippen LogP contribution in [0.5, 0.6) is 0 Å². The molecule has 1 heterocycles. The first-order valence-corrected chi connectivity index (χ1v) is 6.96. The van der Waals surface area contributed by atoms with Crippen LogP contribution in [-0.2, 0) is 0 Å². The zero-order chi connectivity index (χ0) is 15.0. The molecule has 1 aromatic carbocycles. The van der Waals surface area contributed by atoms with E-state index in [2.05, 4.69) is 29.3 Å². The maximum atomic E-state index is 10.8. The lowest BCUT2D eigenvalue weighted by Crippen LogP contribution is -2.54. The molecule has 0 aliphatic heterocycles. The van der Waals surface area contributed by atoms with Crippen LogP contribution in [0.15, 0.2) is 22.6 Å². The van der Waals surface area contributed by atoms with Crippen molar-refractivity contribution in [1.82, 2.24) is 9.88 Å². The fourth-order valence-electron chi connectivity index (χ4n) is 2.71. The molecule has 1 aliphatic carbocycles. The molecule has 1 fully saturated rings. The largest absolute Gasteiger partial charge is 0.423 e. The molecule has 2 aromatic rings. The molecule has 0 spiro atoms. The minimum absolute atomic E-state index is 0.00829. The third-order valence-corrected chi connectivity index (χ3v) is 4.38. The Bertz CT molecular complexity index is 676. The van der Waals surface area contributed by atoms with E-state index in [4.69, 9.17) is 4.42 Å². The van der Waals surface area contributed by atoms with Crippen LogP contribution in [0, 0.1) is 10.1 Å². The van der Waals surface area contributed by atoms with E-state index >= 15 is 0 Å². The number of nitrogens with zero attached hydrogens (tertiary/aromatic N) is 3. The third kappa shape index (κ3) is 2.44. The van der Waals surface area contributed by atoms with E-state index in [0.29, 0.717) is 17.1 Å². The minimum atomic E-state index is -0.440. The molecule has 0 atom stereocenters. The van der Waals surface area contributed by atoms with Crippen LogP contribution in [0.25, 0.3) is 11.1 Å². The number of nitrogens with one attached hydrogen (secondary N) is 1. The van der Waals surface area contributed by atoms with E-state index in [9.17, 15) is 10.1 Å². The van der Waals surface area contributed by atoms with Crippen molar-refractivity contribution in [1.29, 1.82) is 0 Å². The molecule has 1 aliphatic rings. The minimum Gasteiger partial charge on any atom is -0.423 e. The number of benzene rings is 1. The van der Waals surface area contributed by atoms with Crippen LogP contribution in [0.4, 0.5) is 11.7 Å². The van der Waals surface area contributed by atoms with Crippen LogP contribution in [0.2, 0.25) is 0 Å². The molecule has 0 bridgehead atoms. The van der Waals surface area contributed by atoms with Crippen molar-refractivity contribution in [2.45, 2.75) is 24.8 Å². The van der Waals surface area contributed by atoms with Gasteiger partial charge in [-0.15, -0.1) is 0 Å². The summed E-state index contributed by atoms with van der Waals surface area (Å²) in [5.74, 6) is 0. The first-order valence-electron chi connectivity index (χ1n) is 6.96. The summed E-state index contributed by atoms with van der Waals surface area (Å²) >= 11 is 0. The SMILES string of the molecule is CN(C)C1(CNc2nc3ccc([N+](=O)[O-])cc3o2)CCC1. The van der Waals surface area contributed by atoms with Gasteiger partial charge in [0.1, 0.15) is 5.52 Å². The second-order valence-electron chi connectivity index (χ2n) is 5.75. The maximum Gasteiger partial charge on any atom is 0.295 e. The number of anilines is 1. The molecular weight excluding hydrogens is 272 g/mol. The second kappa shape index (κ2) is 5.00. The van der Waals surface area contributed by atoms with Crippen LogP contribution in [0.1, 0.15) is 19.3 Å². The molecule has 1 saturated carbocycles. The number of nitro benzene ring substituents is 1. The van der Waals surface area contributed by atoms with Crippen LogP contribution < -0.4 is 5.32 Å². The molecule has 3 rings (SSSR count). The smallest absolute Gasteiger partial charge is 0.295 e. The van der Waals surface area contributed by atoms with Gasteiger partial charge in [0.2, 0.25) is 0 Å². The summed E-state index contributed by atoms with van der Waals surface area (Å²) in [5.41, 5.74) is 1.22. The highest BCUT2D eigenvalue weighted by molar-refractivity contribution is 5.77. The predicted octanol–water partition coefficient (Wildman–Crippen LogP) is 2.63. The number of hydrogen-bond donors (Lipinski definition) is 1. The summed E-state index contributed by atoms with van der Waals surface area (Å²) < 4.78 is 5.56. The van der Waals surface area contributed by atoms with Crippen LogP contribution in [-0.4, -0.2) is 41.0 Å². The Labute approximate surface area is 122 Å². The zero-order valence-electron chi connectivity index (χ0n) is 12.1. The number of hydrogen-bond acceptors (Lipinski definition) is 6. The topological polar surface area (TPSA) is 84.4 Å². The Hall–Kier alpha value is -2.15. The van der Waals surface area contributed by atoms with Gasteiger partial charge >= 0.3 is 0 Å². The Morgan fingerprint density at radius 3 is 2.81 bits per heavy atom. The highest BCUT2D eigenvalue weighted by Crippen LogP contribution is 2.36. The van der Waals surface area contributed by atoms with Crippen molar-refractivity contribution in [2.75, 3.05) is 26.0 Å². The molecule has 7 nitrogen and oxygen atoms in total. The van der Waals surface area contributed by atoms with Crippen molar-refractivity contribution in [2.24, 2.45) is 0 Å². The number of oxazole rings is 1. The van der Waals surface area contributed by atoms with E-state index in [-0.39, 0.29) is 11.2 Å². The van der Waals surface area contributed by atoms with Crippen molar-refractivity contribution in [3.63, 3.8) is 0 Å². The average molecular weight is 290 g/mol. The van der Waals surface area contributed by atoms with E-state index in [1.807, 2.05) is 0 Å². The van der Waals surface area contributed by atoms with Gasteiger partial charge in [-0.2, -0.15) is 4.98 Å². The average Bonchev–Trinajstić information content (AvgIpc) is 2.78. The number of nitro groups is 1. The van der Waals surface area contributed by atoms with E-state index < -0.39 is 4.92 Å². The first kappa shape index (κ1) is 13.8. The van der Waals surface area contributed by atoms with Gasteiger partial charge in [-0.25, -0.2) is 0 Å². The Morgan fingerprint density at radius 1 is 1.48 bits per heavy atom. The molecule has 0 saturated heterocycles. The summed E-state index contributed by atoms with van der Waals surface area (Å²) in [6, 6.07) is 4.85. The van der Waals surface area contributed by atoms with Crippen LogP contribution in [0.3, 0.4) is 0 Å². The Kier molecular flexibility index (Phi) is 3.29. The predicted molar refractivity (Wildman–Crippen MR) is 79.4 cm³/mol. The lowest BCUT2D eigenvalue weighted by atomic mass is 9.75. The summed E-state index contributed by atoms with van der Waals surface area (Å²) in [4.78, 5) is 16.9. The molecule has 21 heavy (non-hydrogen) atoms. The summed E-state index contributed by atoms with van der Waals surface area (Å²) in [7, 11) is 4.16. The van der Waals surface area contributed by atoms with Gasteiger partial charge in [0.25, 0.3) is 11.7 Å². The van der Waals surface area contributed by atoms with Gasteiger partial charge in [0, 0.05) is 18.2 Å². The number of non-ortho nitro benzene ring substituents is 1. The second-order valence-corrected chi connectivity index (χ2v) is 5.75. The monoisotopic (exact) mass is 290 g/mol. The number of likely N-dealkylation sites (N-methyl/N-ethyl adjacent to an activating group) is 1. The molecule has 7 heteroatoms. The van der Waals surface area contributed by atoms with Gasteiger partial charge in [-0.05, 0) is 39.4 Å². The van der Waals surface area contributed by atoms with E-state index in [1.54, 1.807) is 6.07 Å². The fourth-order valence-corrected chi connectivity index (χ4v) is 2.71. The van der Waals surface area contributed by atoms with Crippen LogP contribution >= 0.6 is 0 Å². The van der Waals surface area contributed by atoms with E-state index in [0.717, 1.165) is 19.4 Å². The lowest BCUT2D eigenvalue weighted by Gasteiger charge is -2.47. The number of fused-ring (bicyclic) bond motifs is 1. The molecule has 0 radical (unpaired) electrons. The third-order valence-electron chi connectivity index (χ3n) is 4.38. The standard InChI is InChI=1S/C14H18N4O3/c1-17(2)14(6-3-7-14)9-15-13-16-11-5-4-10(18(19)20)8-12(11)21-13/h4-5,8H,3,6-7,9H2,1-2H3,(H,15,16). The normalized spacial score (nSPS) is 16.9. The highest BCUT2D eigenvalue weighted by Gasteiger charge is 2.39. The van der Waals surface area contributed by atoms with Crippen molar-refractivity contribution < 1.29 is 9.34 Å². The van der Waals surface area contributed by atoms with Gasteiger partial charge < -0.3 is 14.6 Å². The quantitative estimate of drug-likeness (QED) is 0.673. The highest BCUT2D eigenvalue weighted by atomic mass is 16.6. The van der Waals surface area contributed by atoms with Gasteiger partial charge in [-0.3, -0.25) is 10.1 Å². The van der Waals surface area contributed by atoms with Gasteiger partial charge in [0.05, 0.1) is 11.0 Å². The number of rotatable bonds is 5. The summed E-state index contributed by atoms with van der Waals surface area (Å²) in [5, 5.41) is 14.0. The fraction of sp³-hybridized carbons (Fsp3) is 0.500. The zero-order valence-corrected chi connectivity index (χ0v) is 12.1. The van der Waals surface area contributed by atoms with Crippen molar-refractivity contribution in [3.8, 4) is 0 Å². The molecule has 0 amide bonds. The van der Waals surface area contributed by atoms with Gasteiger partial charge in [0.15, 0.2) is 5.58 Å². The molecule has 1 aromatic heterocycles. The van der Waals surface area contributed by atoms with E-state index in [1.165, 1.54) is 18.6 Å². The lowest BCUT2D eigenvalue weighted by molar-refractivity contribution is -0.384. The van der Waals surface area contributed by atoms with Crippen molar-refractivity contribution in [3.05, 3.63) is 28.3 Å². The Balaban J connectivity index is 1.77. The van der Waals surface area contributed by atoms with Crippen molar-refractivity contribution >= 4 is 22.8 Å². The summed E-state index contributed by atoms with van der Waals surface area (Å²) in [6.45, 7) is 0.759. The molecule has 1 N–H and O–H groups in total. The molecular formula is C14H18N4O3. The summed E-state index contributed by atoms with van der Waals surface area (Å²) in [6.07, 6.45) is 3.54. The first-order chi connectivity index (χ1) is 10.00. The van der Waals surface area contributed by atoms with Gasteiger partial charge in [-0.1, -0.05) is 0 Å². The molecule has 0 unspecified atom stereocenters. The molecule has 112 valence electrons. The number of aromatic nitrogens is 1.